The molecule has 0 bridgehead atoms. The van der Waals surface area contributed by atoms with Gasteiger partial charge in [0.15, 0.2) is 11.6 Å². The van der Waals surface area contributed by atoms with Crippen LogP contribution in [-0.2, 0) is 6.61 Å². The van der Waals surface area contributed by atoms with Gasteiger partial charge >= 0.3 is 6.03 Å². The lowest BCUT2D eigenvalue weighted by atomic mass is 10.1. The number of benzene rings is 1. The van der Waals surface area contributed by atoms with Crippen LogP contribution in [0.2, 0.25) is 0 Å². The third-order valence-corrected chi connectivity index (χ3v) is 4.57. The number of hydrogen-bond donors (Lipinski definition) is 4. The van der Waals surface area contributed by atoms with Crippen molar-refractivity contribution >= 4 is 28.5 Å². The van der Waals surface area contributed by atoms with Crippen LogP contribution in [0.1, 0.15) is 34.8 Å². The molecule has 0 radical (unpaired) electrons. The second kappa shape index (κ2) is 9.42. The summed E-state index contributed by atoms with van der Waals surface area (Å²) in [5.41, 5.74) is 5.22. The van der Waals surface area contributed by atoms with Crippen LogP contribution in [0.5, 0.6) is 5.88 Å². The lowest BCUT2D eigenvalue weighted by molar-refractivity contribution is 0.0996. The molecular weight excluding hydrogens is 394 g/mol. The number of carbonyl (C=O) groups is 2. The summed E-state index contributed by atoms with van der Waals surface area (Å²) in [6, 6.07) is 2.09. The van der Waals surface area contributed by atoms with E-state index in [2.05, 4.69) is 15.0 Å². The van der Waals surface area contributed by atoms with Crippen LogP contribution in [0.15, 0.2) is 12.1 Å². The molecule has 152 valence electrons. The van der Waals surface area contributed by atoms with Crippen LogP contribution in [0.4, 0.5) is 18.6 Å². The van der Waals surface area contributed by atoms with Crippen molar-refractivity contribution < 1.29 is 28.2 Å². The number of nitrogens with zero attached hydrogens (tertiary/aromatic N) is 1. The van der Waals surface area contributed by atoms with Gasteiger partial charge in [0.2, 0.25) is 5.88 Å². The van der Waals surface area contributed by atoms with Gasteiger partial charge in [0.05, 0.1) is 6.10 Å². The van der Waals surface area contributed by atoms with Crippen molar-refractivity contribution in [3.05, 3.63) is 40.5 Å². The number of urea groups is 1. The molecule has 0 spiro atoms. The Labute approximate surface area is 163 Å². The molecule has 1 atom stereocenters. The number of ether oxygens (including phenoxy) is 1. The van der Waals surface area contributed by atoms with Crippen LogP contribution in [0.25, 0.3) is 0 Å². The third kappa shape index (κ3) is 5.14. The number of anilines is 1. The fourth-order valence-electron chi connectivity index (χ4n) is 2.12. The first-order valence-electron chi connectivity index (χ1n) is 8.33. The van der Waals surface area contributed by atoms with Crippen molar-refractivity contribution in [2.75, 3.05) is 11.9 Å². The Kier molecular flexibility index (Phi) is 7.24. The number of nitrogens with one attached hydrogen (secondary N) is 2. The normalized spacial score (nSPS) is 11.8. The van der Waals surface area contributed by atoms with Crippen molar-refractivity contribution in [2.24, 2.45) is 5.73 Å². The number of aryl methyl sites for hydroxylation is 1. The maximum Gasteiger partial charge on any atom is 0.320 e. The summed E-state index contributed by atoms with van der Waals surface area (Å²) in [5.74, 6) is -3.16. The van der Waals surface area contributed by atoms with Gasteiger partial charge in [-0.05, 0) is 30.4 Å². The van der Waals surface area contributed by atoms with Crippen LogP contribution in [0.3, 0.4) is 0 Å². The van der Waals surface area contributed by atoms with E-state index in [1.807, 2.05) is 0 Å². The molecule has 2 rings (SSSR count). The highest BCUT2D eigenvalue weighted by Gasteiger charge is 2.23. The van der Waals surface area contributed by atoms with E-state index in [0.29, 0.717) is 6.42 Å². The molecule has 0 saturated carbocycles. The summed E-state index contributed by atoms with van der Waals surface area (Å²) in [6.45, 7) is 2.82. The van der Waals surface area contributed by atoms with E-state index in [1.165, 1.54) is 19.1 Å². The SMILES string of the molecule is CCC(O)CNC(=O)Nc1snc(OCc2ccc(C)c(F)c2F)c1C(N)=O. The molecule has 0 aliphatic carbocycles. The molecular formula is C17H20F2N4O4S. The number of aliphatic hydroxyl groups is 1. The fraction of sp³-hybridized carbons (Fsp3) is 0.353. The molecule has 2 aromatic rings. The van der Waals surface area contributed by atoms with E-state index in [1.54, 1.807) is 6.92 Å². The van der Waals surface area contributed by atoms with Crippen LogP contribution in [0, 0.1) is 18.6 Å². The summed E-state index contributed by atoms with van der Waals surface area (Å²) < 4.78 is 36.8. The predicted octanol–water partition coefficient (Wildman–Crippen LogP) is 2.30. The molecule has 0 saturated heterocycles. The summed E-state index contributed by atoms with van der Waals surface area (Å²) in [5, 5.41) is 14.3. The predicted molar refractivity (Wildman–Crippen MR) is 99.4 cm³/mol. The summed E-state index contributed by atoms with van der Waals surface area (Å²) >= 11 is 0.740. The zero-order valence-electron chi connectivity index (χ0n) is 15.2. The van der Waals surface area contributed by atoms with Crippen molar-refractivity contribution in [2.45, 2.75) is 33.0 Å². The van der Waals surface area contributed by atoms with Crippen molar-refractivity contribution in [1.29, 1.82) is 0 Å². The lowest BCUT2D eigenvalue weighted by Crippen LogP contribution is -2.35. The first-order valence-corrected chi connectivity index (χ1v) is 9.10. The number of hydrogen-bond acceptors (Lipinski definition) is 6. The Bertz CT molecular complexity index is 875. The Morgan fingerprint density at radius 3 is 2.71 bits per heavy atom. The quantitative estimate of drug-likeness (QED) is 0.527. The molecule has 5 N–H and O–H groups in total. The molecule has 1 unspecified atom stereocenters. The number of rotatable bonds is 8. The largest absolute Gasteiger partial charge is 0.471 e. The zero-order valence-corrected chi connectivity index (χ0v) is 16.0. The zero-order chi connectivity index (χ0) is 20.8. The van der Waals surface area contributed by atoms with E-state index in [9.17, 15) is 23.5 Å². The maximum absolute atomic E-state index is 13.9. The molecule has 28 heavy (non-hydrogen) atoms. The van der Waals surface area contributed by atoms with Gasteiger partial charge in [-0.25, -0.2) is 13.6 Å². The van der Waals surface area contributed by atoms with Gasteiger partial charge in [0.1, 0.15) is 17.2 Å². The Hall–Kier alpha value is -2.79. The van der Waals surface area contributed by atoms with Gasteiger partial charge in [-0.2, -0.15) is 4.37 Å². The molecule has 3 amide bonds. The van der Waals surface area contributed by atoms with Gasteiger partial charge in [-0.15, -0.1) is 0 Å². The Balaban J connectivity index is 2.11. The van der Waals surface area contributed by atoms with Gasteiger partial charge < -0.3 is 20.9 Å². The van der Waals surface area contributed by atoms with E-state index < -0.39 is 29.7 Å². The number of carbonyl (C=O) groups excluding carboxylic acids is 2. The average molecular weight is 414 g/mol. The minimum Gasteiger partial charge on any atom is -0.471 e. The van der Waals surface area contributed by atoms with E-state index >= 15 is 0 Å². The molecule has 8 nitrogen and oxygen atoms in total. The van der Waals surface area contributed by atoms with E-state index in [0.717, 1.165) is 11.5 Å². The molecule has 0 fully saturated rings. The molecule has 0 aliphatic heterocycles. The summed E-state index contributed by atoms with van der Waals surface area (Å²) in [6.07, 6.45) is -0.242. The minimum atomic E-state index is -1.05. The third-order valence-electron chi connectivity index (χ3n) is 3.82. The van der Waals surface area contributed by atoms with Crippen LogP contribution in [-0.4, -0.2) is 34.1 Å². The van der Waals surface area contributed by atoms with Crippen LogP contribution < -0.4 is 21.1 Å². The van der Waals surface area contributed by atoms with Crippen molar-refractivity contribution in [3.8, 4) is 5.88 Å². The highest BCUT2D eigenvalue weighted by Crippen LogP contribution is 2.31. The minimum absolute atomic E-state index is 0.0225. The molecule has 0 aliphatic rings. The molecule has 1 aromatic carbocycles. The number of aliphatic hydroxyl groups excluding tert-OH is 1. The maximum atomic E-state index is 13.9. The smallest absolute Gasteiger partial charge is 0.320 e. The Morgan fingerprint density at radius 2 is 2.07 bits per heavy atom. The van der Waals surface area contributed by atoms with E-state index in [4.69, 9.17) is 10.5 Å². The number of aromatic nitrogens is 1. The first-order chi connectivity index (χ1) is 13.2. The van der Waals surface area contributed by atoms with Gasteiger partial charge in [0.25, 0.3) is 5.91 Å². The number of amides is 3. The number of primary amides is 1. The molecule has 1 aromatic heterocycles. The second-order valence-electron chi connectivity index (χ2n) is 5.91. The van der Waals surface area contributed by atoms with Crippen molar-refractivity contribution in [3.63, 3.8) is 0 Å². The van der Waals surface area contributed by atoms with Crippen molar-refractivity contribution in [1.82, 2.24) is 9.69 Å². The lowest BCUT2D eigenvalue weighted by Gasteiger charge is -2.10. The van der Waals surface area contributed by atoms with Crippen LogP contribution >= 0.6 is 11.5 Å². The second-order valence-corrected chi connectivity index (χ2v) is 6.68. The molecule has 1 heterocycles. The van der Waals surface area contributed by atoms with Gasteiger partial charge in [-0.1, -0.05) is 19.1 Å². The topological polar surface area (TPSA) is 127 Å². The summed E-state index contributed by atoms with van der Waals surface area (Å²) in [7, 11) is 0. The fourth-order valence-corrected chi connectivity index (χ4v) is 2.86. The molecule has 11 heteroatoms. The number of halogens is 2. The first kappa shape index (κ1) is 21.5. The number of nitrogens with two attached hydrogens (primary N) is 1. The van der Waals surface area contributed by atoms with Gasteiger partial charge in [0, 0.05) is 12.1 Å². The monoisotopic (exact) mass is 414 g/mol. The Morgan fingerprint density at radius 1 is 1.36 bits per heavy atom. The van der Waals surface area contributed by atoms with Gasteiger partial charge in [-0.3, -0.25) is 10.1 Å². The summed E-state index contributed by atoms with van der Waals surface area (Å²) in [4.78, 5) is 23.6. The standard InChI is InChI=1S/C17H20F2N4O4S/c1-3-10(24)6-21-17(26)22-16-11(14(20)25)15(23-28-16)27-7-9-5-4-8(2)12(18)13(9)19/h4-5,10,24H,3,6-7H2,1-2H3,(H2,20,25)(H2,21,22,26). The highest BCUT2D eigenvalue weighted by molar-refractivity contribution is 7.11. The highest BCUT2D eigenvalue weighted by atomic mass is 32.1. The van der Waals surface area contributed by atoms with E-state index in [-0.39, 0.29) is 40.7 Å². The average Bonchev–Trinajstić information content (AvgIpc) is 3.06.